The Hall–Kier alpha value is -2.65. The number of likely N-dealkylation sites (N-methyl/N-ethyl adjacent to an activating group) is 1. The summed E-state index contributed by atoms with van der Waals surface area (Å²) in [5, 5.41) is 8.35. The van der Waals surface area contributed by atoms with Gasteiger partial charge < -0.3 is 15.2 Å². The molecule has 0 unspecified atom stereocenters. The Bertz CT molecular complexity index is 1010. The van der Waals surface area contributed by atoms with E-state index in [0.29, 0.717) is 0 Å². The second-order valence-electron chi connectivity index (χ2n) is 8.49. The molecule has 0 aromatic heterocycles. The number of nitrogens with one attached hydrogen (secondary N) is 1. The van der Waals surface area contributed by atoms with Crippen LogP contribution in [0, 0.1) is 26.2 Å². The highest BCUT2D eigenvalue weighted by molar-refractivity contribution is 6.01. The van der Waals surface area contributed by atoms with Crippen molar-refractivity contribution in [3.63, 3.8) is 0 Å². The van der Waals surface area contributed by atoms with Crippen molar-refractivity contribution in [3.05, 3.63) is 69.8 Å². The van der Waals surface area contributed by atoms with Crippen molar-refractivity contribution in [3.8, 4) is 11.1 Å². The number of anilines is 1. The van der Waals surface area contributed by atoms with E-state index >= 15 is 0 Å². The summed E-state index contributed by atoms with van der Waals surface area (Å²) in [7, 11) is 8.37. The molecular weight excluding hydrogens is 354 g/mol. The van der Waals surface area contributed by atoms with Gasteiger partial charge in [-0.3, -0.25) is 0 Å². The SMILES string of the molecule is Cc1ccc(-c2c(N(C)C)ccc(C3=C(CN(C)C)C=CC3)c2C=N)c(C)c1C. The van der Waals surface area contributed by atoms with E-state index in [4.69, 9.17) is 5.41 Å². The minimum atomic E-state index is 0.913. The van der Waals surface area contributed by atoms with Crippen LogP contribution >= 0.6 is 0 Å². The van der Waals surface area contributed by atoms with Crippen LogP contribution in [0.25, 0.3) is 16.7 Å². The number of benzene rings is 2. The number of rotatable bonds is 6. The quantitative estimate of drug-likeness (QED) is 0.652. The number of aryl methyl sites for hydroxylation is 1. The van der Waals surface area contributed by atoms with Crippen LogP contribution < -0.4 is 4.90 Å². The largest absolute Gasteiger partial charge is 0.377 e. The third-order valence-corrected chi connectivity index (χ3v) is 6.02. The van der Waals surface area contributed by atoms with Crippen LogP contribution in [0.3, 0.4) is 0 Å². The van der Waals surface area contributed by atoms with Gasteiger partial charge in [-0.05, 0) is 86.3 Å². The van der Waals surface area contributed by atoms with Crippen molar-refractivity contribution in [2.75, 3.05) is 39.6 Å². The van der Waals surface area contributed by atoms with E-state index < -0.39 is 0 Å². The predicted molar refractivity (Wildman–Crippen MR) is 128 cm³/mol. The topological polar surface area (TPSA) is 30.3 Å². The second kappa shape index (κ2) is 8.38. The molecule has 0 atom stereocenters. The van der Waals surface area contributed by atoms with Crippen molar-refractivity contribution < 1.29 is 0 Å². The van der Waals surface area contributed by atoms with E-state index in [9.17, 15) is 0 Å². The summed E-state index contributed by atoms with van der Waals surface area (Å²) in [4.78, 5) is 4.36. The molecule has 152 valence electrons. The maximum atomic E-state index is 8.35. The zero-order valence-corrected chi connectivity index (χ0v) is 18.9. The van der Waals surface area contributed by atoms with Crippen LogP contribution in [0.1, 0.15) is 34.2 Å². The van der Waals surface area contributed by atoms with Gasteiger partial charge in [0.15, 0.2) is 0 Å². The summed E-state index contributed by atoms with van der Waals surface area (Å²) in [5.74, 6) is 0. The van der Waals surface area contributed by atoms with Gasteiger partial charge >= 0.3 is 0 Å². The number of allylic oxidation sites excluding steroid dienone is 2. The second-order valence-corrected chi connectivity index (χ2v) is 8.49. The van der Waals surface area contributed by atoms with Crippen LogP contribution in [0.5, 0.6) is 0 Å². The lowest BCUT2D eigenvalue weighted by Gasteiger charge is -2.25. The summed E-state index contributed by atoms with van der Waals surface area (Å²) in [6.45, 7) is 7.47. The Morgan fingerprint density at radius 3 is 2.24 bits per heavy atom. The van der Waals surface area contributed by atoms with Crippen molar-refractivity contribution in [1.29, 1.82) is 5.41 Å². The number of hydrogen-bond acceptors (Lipinski definition) is 3. The van der Waals surface area contributed by atoms with E-state index in [1.807, 2.05) is 0 Å². The molecule has 0 spiro atoms. The molecule has 3 heteroatoms. The molecule has 2 aromatic carbocycles. The van der Waals surface area contributed by atoms with Gasteiger partial charge in [0.2, 0.25) is 0 Å². The normalized spacial score (nSPS) is 13.5. The van der Waals surface area contributed by atoms with Gasteiger partial charge in [0, 0.05) is 43.7 Å². The van der Waals surface area contributed by atoms with Crippen LogP contribution in [0.4, 0.5) is 5.69 Å². The highest BCUT2D eigenvalue weighted by atomic mass is 15.1. The zero-order chi connectivity index (χ0) is 21.3. The minimum absolute atomic E-state index is 0.913. The molecule has 1 aliphatic rings. The lowest BCUT2D eigenvalue weighted by Crippen LogP contribution is -2.15. The van der Waals surface area contributed by atoms with E-state index in [2.05, 4.69) is 95.2 Å². The molecule has 0 saturated heterocycles. The highest BCUT2D eigenvalue weighted by Crippen LogP contribution is 2.41. The Morgan fingerprint density at radius 1 is 0.931 bits per heavy atom. The zero-order valence-electron chi connectivity index (χ0n) is 18.9. The van der Waals surface area contributed by atoms with Crippen LogP contribution in [0.2, 0.25) is 0 Å². The average molecular weight is 388 g/mol. The number of hydrogen-bond donors (Lipinski definition) is 1. The molecule has 1 aliphatic carbocycles. The molecule has 3 nitrogen and oxygen atoms in total. The maximum Gasteiger partial charge on any atom is 0.0447 e. The summed E-state index contributed by atoms with van der Waals surface area (Å²) in [5.41, 5.74) is 12.3. The molecule has 2 aromatic rings. The van der Waals surface area contributed by atoms with Crippen LogP contribution in [0.15, 0.2) is 42.0 Å². The Morgan fingerprint density at radius 2 is 1.62 bits per heavy atom. The third kappa shape index (κ3) is 3.92. The lowest BCUT2D eigenvalue weighted by atomic mass is 9.85. The van der Waals surface area contributed by atoms with E-state index in [-0.39, 0.29) is 0 Å². The molecule has 0 radical (unpaired) electrons. The fraction of sp³-hybridized carbons (Fsp3) is 0.346. The Labute approximate surface area is 175 Å². The van der Waals surface area contributed by atoms with Gasteiger partial charge in [0.25, 0.3) is 0 Å². The first-order valence-corrected chi connectivity index (χ1v) is 10.2. The van der Waals surface area contributed by atoms with Crippen LogP contribution in [-0.4, -0.2) is 45.8 Å². The average Bonchev–Trinajstić information content (AvgIpc) is 3.12. The van der Waals surface area contributed by atoms with Gasteiger partial charge in [-0.2, -0.15) is 0 Å². The van der Waals surface area contributed by atoms with Crippen molar-refractivity contribution in [1.82, 2.24) is 4.90 Å². The fourth-order valence-electron chi connectivity index (χ4n) is 4.23. The van der Waals surface area contributed by atoms with Crippen molar-refractivity contribution in [2.45, 2.75) is 27.2 Å². The molecule has 29 heavy (non-hydrogen) atoms. The molecule has 1 N–H and O–H groups in total. The lowest BCUT2D eigenvalue weighted by molar-refractivity contribution is 0.450. The monoisotopic (exact) mass is 387 g/mol. The first kappa shape index (κ1) is 21.1. The summed E-state index contributed by atoms with van der Waals surface area (Å²) in [6, 6.07) is 8.84. The van der Waals surface area contributed by atoms with Gasteiger partial charge in [0.05, 0.1) is 0 Å². The minimum Gasteiger partial charge on any atom is -0.377 e. The maximum absolute atomic E-state index is 8.35. The summed E-state index contributed by atoms with van der Waals surface area (Å²) < 4.78 is 0. The van der Waals surface area contributed by atoms with E-state index in [1.165, 1.54) is 39.0 Å². The first-order valence-electron chi connectivity index (χ1n) is 10.2. The number of nitrogens with zero attached hydrogens (tertiary/aromatic N) is 2. The smallest absolute Gasteiger partial charge is 0.0447 e. The Kier molecular flexibility index (Phi) is 6.09. The molecule has 3 rings (SSSR count). The van der Waals surface area contributed by atoms with Crippen molar-refractivity contribution >= 4 is 17.5 Å². The standard InChI is InChI=1S/C26H33N3/c1-17-11-12-21(19(3)18(17)2)26-24(15-27)23(13-14-25(26)29(6)7)22-10-8-9-20(22)16-28(4)5/h8-9,11-15,27H,10,16H2,1-7H3. The molecule has 0 bridgehead atoms. The predicted octanol–water partition coefficient (Wildman–Crippen LogP) is 5.62. The highest BCUT2D eigenvalue weighted by Gasteiger charge is 2.21. The van der Waals surface area contributed by atoms with Gasteiger partial charge in [0.1, 0.15) is 0 Å². The molecule has 0 saturated carbocycles. The summed E-state index contributed by atoms with van der Waals surface area (Å²) in [6.07, 6.45) is 6.95. The van der Waals surface area contributed by atoms with Gasteiger partial charge in [-0.15, -0.1) is 0 Å². The molecule has 0 aliphatic heterocycles. The van der Waals surface area contributed by atoms with Crippen molar-refractivity contribution in [2.24, 2.45) is 0 Å². The molecular formula is C26H33N3. The fourth-order valence-corrected chi connectivity index (χ4v) is 4.23. The van der Waals surface area contributed by atoms with Gasteiger partial charge in [-0.1, -0.05) is 30.4 Å². The van der Waals surface area contributed by atoms with Crippen LogP contribution in [-0.2, 0) is 0 Å². The van der Waals surface area contributed by atoms with Gasteiger partial charge in [-0.25, -0.2) is 0 Å². The van der Waals surface area contributed by atoms with E-state index in [1.54, 1.807) is 6.21 Å². The van der Waals surface area contributed by atoms with E-state index in [0.717, 1.165) is 29.8 Å². The first-order chi connectivity index (χ1) is 13.8. The molecule has 0 amide bonds. The Balaban J connectivity index is 2.33. The molecule has 0 fully saturated rings. The third-order valence-electron chi connectivity index (χ3n) is 6.02. The molecule has 0 heterocycles. The summed E-state index contributed by atoms with van der Waals surface area (Å²) >= 11 is 0.